The van der Waals surface area contributed by atoms with Gasteiger partial charge in [-0.15, -0.1) is 0 Å². The molecule has 22 heavy (non-hydrogen) atoms. The average molecular weight is 298 g/mol. The van der Waals surface area contributed by atoms with Crippen LogP contribution in [0, 0.1) is 17.8 Å². The van der Waals surface area contributed by atoms with Gasteiger partial charge in [-0.25, -0.2) is 4.98 Å². The summed E-state index contributed by atoms with van der Waals surface area (Å²) >= 11 is 0. The number of hydrogen-bond donors (Lipinski definition) is 1. The van der Waals surface area contributed by atoms with E-state index < -0.39 is 0 Å². The van der Waals surface area contributed by atoms with Crippen LogP contribution in [0.5, 0.6) is 0 Å². The van der Waals surface area contributed by atoms with Crippen molar-refractivity contribution < 1.29 is 5.11 Å². The van der Waals surface area contributed by atoms with Gasteiger partial charge in [0.15, 0.2) is 0 Å². The summed E-state index contributed by atoms with van der Waals surface area (Å²) in [6.07, 6.45) is 4.55. The molecule has 1 aliphatic heterocycles. The van der Waals surface area contributed by atoms with Crippen molar-refractivity contribution in [3.63, 3.8) is 0 Å². The third-order valence-electron chi connectivity index (χ3n) is 4.79. The van der Waals surface area contributed by atoms with E-state index in [0.29, 0.717) is 5.92 Å². The second kappa shape index (κ2) is 5.88. The highest BCUT2D eigenvalue weighted by Crippen LogP contribution is 2.46. The number of rotatable bonds is 5. The lowest BCUT2D eigenvalue weighted by atomic mass is 9.79. The van der Waals surface area contributed by atoms with Crippen LogP contribution in [0.2, 0.25) is 0 Å². The highest BCUT2D eigenvalue weighted by atomic mass is 16.3. The molecular formula is C19H26N2O. The Labute approximate surface area is 133 Å². The highest BCUT2D eigenvalue weighted by molar-refractivity contribution is 5.69. The molecular weight excluding hydrogens is 272 g/mol. The number of aromatic nitrogens is 2. The first kappa shape index (κ1) is 15.3. The van der Waals surface area contributed by atoms with Crippen LogP contribution >= 0.6 is 0 Å². The van der Waals surface area contributed by atoms with Crippen LogP contribution in [-0.4, -0.2) is 20.8 Å². The van der Waals surface area contributed by atoms with E-state index in [2.05, 4.69) is 61.5 Å². The molecule has 0 spiro atoms. The molecule has 3 nitrogen and oxygen atoms in total. The second-order valence-electron chi connectivity index (χ2n) is 7.25. The van der Waals surface area contributed by atoms with Crippen LogP contribution < -0.4 is 0 Å². The van der Waals surface area contributed by atoms with Crippen LogP contribution in [0.3, 0.4) is 0 Å². The van der Waals surface area contributed by atoms with Gasteiger partial charge in [0, 0.05) is 11.5 Å². The molecule has 0 fully saturated rings. The van der Waals surface area contributed by atoms with Gasteiger partial charge in [-0.3, -0.25) is 0 Å². The number of benzene rings is 1. The Bertz CT molecular complexity index is 644. The monoisotopic (exact) mass is 298 g/mol. The molecule has 0 aliphatic carbocycles. The fourth-order valence-corrected chi connectivity index (χ4v) is 3.80. The molecule has 3 heteroatoms. The van der Waals surface area contributed by atoms with Crippen LogP contribution in [0.25, 0.3) is 11.3 Å². The first-order valence-corrected chi connectivity index (χ1v) is 8.30. The minimum atomic E-state index is -0.311. The number of fused-ring (bicyclic) bond motifs is 3. The topological polar surface area (TPSA) is 38.1 Å². The van der Waals surface area contributed by atoms with Gasteiger partial charge in [0.1, 0.15) is 0 Å². The van der Waals surface area contributed by atoms with Crippen molar-refractivity contribution in [3.05, 3.63) is 42.4 Å². The fraction of sp³-hybridized carbons (Fsp3) is 0.526. The SMILES string of the molecule is CC(C)C[C@H](C(O)C(C)C)[C@@H]1c2ccccc2-c2cncn21. The zero-order chi connectivity index (χ0) is 15.9. The number of aliphatic hydroxyl groups is 1. The minimum Gasteiger partial charge on any atom is -0.392 e. The Hall–Kier alpha value is -1.61. The highest BCUT2D eigenvalue weighted by Gasteiger charge is 2.38. The molecule has 1 aliphatic rings. The molecule has 1 N–H and O–H groups in total. The Morgan fingerprint density at radius 2 is 1.91 bits per heavy atom. The fourth-order valence-electron chi connectivity index (χ4n) is 3.80. The van der Waals surface area contributed by atoms with Crippen molar-refractivity contribution in [1.82, 2.24) is 9.55 Å². The van der Waals surface area contributed by atoms with Crippen molar-refractivity contribution in [2.75, 3.05) is 0 Å². The van der Waals surface area contributed by atoms with Gasteiger partial charge in [-0.1, -0.05) is 52.0 Å². The van der Waals surface area contributed by atoms with Crippen LogP contribution in [0.15, 0.2) is 36.8 Å². The summed E-state index contributed by atoms with van der Waals surface area (Å²) in [7, 11) is 0. The van der Waals surface area contributed by atoms with Crippen LogP contribution in [0.1, 0.15) is 45.7 Å². The molecule has 2 heterocycles. The number of hydrogen-bond acceptors (Lipinski definition) is 2. The van der Waals surface area contributed by atoms with Gasteiger partial charge in [0.2, 0.25) is 0 Å². The molecule has 0 saturated carbocycles. The maximum absolute atomic E-state index is 10.9. The van der Waals surface area contributed by atoms with Gasteiger partial charge in [-0.2, -0.15) is 0 Å². The van der Waals surface area contributed by atoms with Crippen molar-refractivity contribution in [3.8, 4) is 11.3 Å². The summed E-state index contributed by atoms with van der Waals surface area (Å²) in [5, 5.41) is 10.9. The predicted molar refractivity (Wildman–Crippen MR) is 89.6 cm³/mol. The molecule has 1 aromatic heterocycles. The maximum atomic E-state index is 10.9. The lowest BCUT2D eigenvalue weighted by Crippen LogP contribution is -2.34. The van der Waals surface area contributed by atoms with Gasteiger partial charge in [-0.05, 0) is 23.8 Å². The quantitative estimate of drug-likeness (QED) is 0.901. The predicted octanol–water partition coefficient (Wildman–Crippen LogP) is 4.13. The van der Waals surface area contributed by atoms with E-state index in [-0.39, 0.29) is 24.0 Å². The largest absolute Gasteiger partial charge is 0.392 e. The molecule has 3 rings (SSSR count). The van der Waals surface area contributed by atoms with E-state index in [1.807, 2.05) is 12.5 Å². The summed E-state index contributed by atoms with van der Waals surface area (Å²) in [6.45, 7) is 8.67. The van der Waals surface area contributed by atoms with E-state index in [1.54, 1.807) is 0 Å². The third kappa shape index (κ3) is 2.48. The molecule has 0 radical (unpaired) electrons. The van der Waals surface area contributed by atoms with E-state index in [4.69, 9.17) is 0 Å². The third-order valence-corrected chi connectivity index (χ3v) is 4.79. The Kier molecular flexibility index (Phi) is 4.09. The molecule has 0 amide bonds. The Morgan fingerprint density at radius 3 is 2.59 bits per heavy atom. The smallest absolute Gasteiger partial charge is 0.0956 e. The molecule has 118 valence electrons. The zero-order valence-electron chi connectivity index (χ0n) is 13.9. The lowest BCUT2D eigenvalue weighted by molar-refractivity contribution is 0.0364. The molecule has 3 atom stereocenters. The molecule has 2 aromatic rings. The second-order valence-corrected chi connectivity index (χ2v) is 7.25. The van der Waals surface area contributed by atoms with Crippen LogP contribution in [-0.2, 0) is 0 Å². The average Bonchev–Trinajstić information content (AvgIpc) is 3.04. The summed E-state index contributed by atoms with van der Waals surface area (Å²) < 4.78 is 2.25. The van der Waals surface area contributed by atoms with Gasteiger partial charge in [0.25, 0.3) is 0 Å². The summed E-state index contributed by atoms with van der Waals surface area (Å²) in [5.41, 5.74) is 3.75. The molecule has 1 aromatic carbocycles. The number of aliphatic hydroxyl groups excluding tert-OH is 1. The van der Waals surface area contributed by atoms with Crippen molar-refractivity contribution in [2.45, 2.75) is 46.3 Å². The van der Waals surface area contributed by atoms with Crippen molar-refractivity contribution in [2.24, 2.45) is 17.8 Å². The van der Waals surface area contributed by atoms with Gasteiger partial charge in [0.05, 0.1) is 30.4 Å². The number of nitrogens with zero attached hydrogens (tertiary/aromatic N) is 2. The Balaban J connectivity index is 2.08. The molecule has 0 saturated heterocycles. The zero-order valence-corrected chi connectivity index (χ0v) is 13.9. The van der Waals surface area contributed by atoms with E-state index in [0.717, 1.165) is 6.42 Å². The minimum absolute atomic E-state index is 0.188. The van der Waals surface area contributed by atoms with Gasteiger partial charge >= 0.3 is 0 Å². The summed E-state index contributed by atoms with van der Waals surface area (Å²) in [6, 6.07) is 8.73. The normalized spacial score (nSPS) is 19.3. The number of imidazole rings is 1. The first-order valence-electron chi connectivity index (χ1n) is 8.30. The van der Waals surface area contributed by atoms with Crippen molar-refractivity contribution >= 4 is 0 Å². The molecule has 1 unspecified atom stereocenters. The van der Waals surface area contributed by atoms with E-state index >= 15 is 0 Å². The first-order chi connectivity index (χ1) is 10.5. The van der Waals surface area contributed by atoms with Crippen LogP contribution in [0.4, 0.5) is 0 Å². The van der Waals surface area contributed by atoms with E-state index in [9.17, 15) is 5.11 Å². The maximum Gasteiger partial charge on any atom is 0.0956 e. The standard InChI is InChI=1S/C19H26N2O/c1-12(2)9-16(19(22)13(3)4)18-15-8-6-5-7-14(15)17-10-20-11-21(17)18/h5-8,10-13,16,18-19,22H,9H2,1-4H3/t16-,18-,19?/m0/s1. The molecule has 0 bridgehead atoms. The van der Waals surface area contributed by atoms with E-state index in [1.165, 1.54) is 16.8 Å². The summed E-state index contributed by atoms with van der Waals surface area (Å²) in [4.78, 5) is 4.34. The lowest BCUT2D eigenvalue weighted by Gasteiger charge is -2.33. The van der Waals surface area contributed by atoms with Gasteiger partial charge < -0.3 is 9.67 Å². The van der Waals surface area contributed by atoms with Crippen molar-refractivity contribution in [1.29, 1.82) is 0 Å². The summed E-state index contributed by atoms with van der Waals surface area (Å²) in [5.74, 6) is 1.01. The Morgan fingerprint density at radius 1 is 1.18 bits per heavy atom.